The highest BCUT2D eigenvalue weighted by Crippen LogP contribution is 2.77. The standard InChI is InChI=1S/C35H63O3P/c1-3-33(26-16-8-17-27-33)37-39(36,38-34(4-2)28-18-9-19-29-34)35(30-20-10-5-11-21-30,31-22-12-6-13-23-31)32-24-14-7-15-25-32/h30-32H,3-29H2,1-2H3. The van der Waals surface area contributed by atoms with Crippen molar-refractivity contribution in [2.75, 3.05) is 0 Å². The average molecular weight is 563 g/mol. The Morgan fingerprint density at radius 1 is 0.513 bits per heavy atom. The monoisotopic (exact) mass is 562 g/mol. The Morgan fingerprint density at radius 3 is 1.08 bits per heavy atom. The minimum Gasteiger partial charge on any atom is -0.301 e. The molecule has 0 atom stereocenters. The first-order valence-electron chi connectivity index (χ1n) is 18.0. The predicted molar refractivity (Wildman–Crippen MR) is 164 cm³/mol. The van der Waals surface area contributed by atoms with Gasteiger partial charge in [-0.05, 0) is 94.8 Å². The van der Waals surface area contributed by atoms with Crippen LogP contribution in [0.4, 0.5) is 0 Å². The van der Waals surface area contributed by atoms with Gasteiger partial charge in [0.25, 0.3) is 0 Å². The van der Waals surface area contributed by atoms with Crippen molar-refractivity contribution >= 4 is 7.60 Å². The van der Waals surface area contributed by atoms with E-state index in [9.17, 15) is 0 Å². The smallest absolute Gasteiger partial charge is 0.301 e. The molecular formula is C35H63O3P. The SMILES string of the molecule is CCC1(OP(=O)(OC2(CC)CCCCC2)C(C2CCCCC2)(C2CCCCC2)C2CCCCC2)CCCCC1. The molecule has 0 aromatic rings. The molecule has 5 aliphatic carbocycles. The Labute approximate surface area is 242 Å². The molecule has 4 heteroatoms. The summed E-state index contributed by atoms with van der Waals surface area (Å²) in [6.45, 7) is 4.63. The molecule has 226 valence electrons. The zero-order chi connectivity index (χ0) is 27.2. The second kappa shape index (κ2) is 13.6. The van der Waals surface area contributed by atoms with Gasteiger partial charge >= 0.3 is 7.60 Å². The van der Waals surface area contributed by atoms with Crippen molar-refractivity contribution in [3.8, 4) is 0 Å². The maximum absolute atomic E-state index is 16.8. The summed E-state index contributed by atoms with van der Waals surface area (Å²) in [7, 11) is -3.47. The van der Waals surface area contributed by atoms with Crippen molar-refractivity contribution < 1.29 is 13.6 Å². The lowest BCUT2D eigenvalue weighted by Gasteiger charge is -2.59. The first kappa shape index (κ1) is 30.6. The molecule has 5 aliphatic rings. The molecule has 5 fully saturated rings. The quantitative estimate of drug-likeness (QED) is 0.248. The molecule has 0 N–H and O–H groups in total. The summed E-state index contributed by atoms with van der Waals surface area (Å²) in [6.07, 6.45) is 33.2. The molecule has 0 bridgehead atoms. The molecule has 5 rings (SSSR count). The van der Waals surface area contributed by atoms with Gasteiger partial charge in [-0.1, -0.05) is 110 Å². The van der Waals surface area contributed by atoms with Gasteiger partial charge in [0, 0.05) is 0 Å². The predicted octanol–water partition coefficient (Wildman–Crippen LogP) is 11.9. The van der Waals surface area contributed by atoms with Gasteiger partial charge < -0.3 is 9.05 Å². The van der Waals surface area contributed by atoms with Gasteiger partial charge in [0.2, 0.25) is 0 Å². The lowest BCUT2D eigenvalue weighted by molar-refractivity contribution is -0.0593. The number of rotatable bonds is 10. The third kappa shape index (κ3) is 6.27. The molecule has 5 saturated carbocycles. The van der Waals surface area contributed by atoms with Gasteiger partial charge in [-0.2, -0.15) is 0 Å². The summed E-state index contributed by atoms with van der Waals surface area (Å²) in [5.74, 6) is 1.54. The van der Waals surface area contributed by atoms with Crippen molar-refractivity contribution in [1.29, 1.82) is 0 Å². The normalized spacial score (nSPS) is 28.4. The van der Waals surface area contributed by atoms with Crippen LogP contribution in [0.1, 0.15) is 187 Å². The maximum Gasteiger partial charge on any atom is 0.338 e. The molecule has 39 heavy (non-hydrogen) atoms. The van der Waals surface area contributed by atoms with E-state index >= 15 is 4.57 Å². The van der Waals surface area contributed by atoms with Crippen LogP contribution in [0.3, 0.4) is 0 Å². The summed E-state index contributed by atoms with van der Waals surface area (Å²) in [5, 5.41) is -0.270. The highest BCUT2D eigenvalue weighted by Gasteiger charge is 2.66. The van der Waals surface area contributed by atoms with Crippen LogP contribution in [0.2, 0.25) is 0 Å². The first-order chi connectivity index (χ1) is 19.0. The van der Waals surface area contributed by atoms with Crippen LogP contribution in [0.5, 0.6) is 0 Å². The van der Waals surface area contributed by atoms with Crippen LogP contribution in [0, 0.1) is 17.8 Å². The fourth-order valence-corrected chi connectivity index (χ4v) is 14.6. The topological polar surface area (TPSA) is 35.5 Å². The number of hydrogen-bond acceptors (Lipinski definition) is 3. The van der Waals surface area contributed by atoms with Gasteiger partial charge in [0.15, 0.2) is 0 Å². The van der Waals surface area contributed by atoms with Crippen molar-refractivity contribution in [2.24, 2.45) is 17.8 Å². The van der Waals surface area contributed by atoms with Crippen LogP contribution < -0.4 is 0 Å². The van der Waals surface area contributed by atoms with E-state index in [1.165, 1.54) is 135 Å². The Kier molecular flexibility index (Phi) is 10.7. The van der Waals surface area contributed by atoms with Crippen molar-refractivity contribution in [3.63, 3.8) is 0 Å². The van der Waals surface area contributed by atoms with Crippen LogP contribution in [-0.4, -0.2) is 16.4 Å². The lowest BCUT2D eigenvalue weighted by atomic mass is 9.61. The van der Waals surface area contributed by atoms with Gasteiger partial charge in [0.05, 0.1) is 16.4 Å². The van der Waals surface area contributed by atoms with E-state index in [2.05, 4.69) is 13.8 Å². The second-order valence-electron chi connectivity index (χ2n) is 14.8. The molecule has 0 saturated heterocycles. The fraction of sp³-hybridized carbons (Fsp3) is 1.00. The number of hydrogen-bond donors (Lipinski definition) is 0. The van der Waals surface area contributed by atoms with Crippen LogP contribution in [0.25, 0.3) is 0 Å². The van der Waals surface area contributed by atoms with Crippen LogP contribution >= 0.6 is 7.60 Å². The molecule has 0 radical (unpaired) electrons. The Bertz CT molecular complexity index is 700. The third-order valence-electron chi connectivity index (χ3n) is 12.7. The average Bonchev–Trinajstić information content (AvgIpc) is 3.00. The third-order valence-corrected chi connectivity index (χ3v) is 16.0. The molecule has 0 amide bonds. The maximum atomic E-state index is 16.8. The minimum atomic E-state index is -3.47. The summed E-state index contributed by atoms with van der Waals surface area (Å²) in [6, 6.07) is 0. The molecule has 0 heterocycles. The van der Waals surface area contributed by atoms with E-state index in [1.54, 1.807) is 0 Å². The van der Waals surface area contributed by atoms with E-state index in [-0.39, 0.29) is 16.4 Å². The summed E-state index contributed by atoms with van der Waals surface area (Å²) in [5.41, 5.74) is -0.499. The lowest BCUT2D eigenvalue weighted by Crippen LogP contribution is -2.56. The molecule has 0 aromatic heterocycles. The van der Waals surface area contributed by atoms with Crippen LogP contribution in [-0.2, 0) is 13.6 Å². The van der Waals surface area contributed by atoms with Crippen LogP contribution in [0.15, 0.2) is 0 Å². The molecule has 0 aromatic carbocycles. The molecule has 0 aliphatic heterocycles. The fourth-order valence-electron chi connectivity index (χ4n) is 10.5. The van der Waals surface area contributed by atoms with E-state index < -0.39 is 7.60 Å². The summed E-state index contributed by atoms with van der Waals surface area (Å²) < 4.78 is 32.0. The van der Waals surface area contributed by atoms with E-state index in [4.69, 9.17) is 9.05 Å². The van der Waals surface area contributed by atoms with E-state index in [1.807, 2.05) is 0 Å². The molecule has 0 unspecified atom stereocenters. The van der Waals surface area contributed by atoms with Gasteiger partial charge in [-0.25, -0.2) is 0 Å². The zero-order valence-electron chi connectivity index (χ0n) is 26.0. The molecule has 3 nitrogen and oxygen atoms in total. The van der Waals surface area contributed by atoms with Crippen molar-refractivity contribution in [2.45, 2.75) is 204 Å². The van der Waals surface area contributed by atoms with Crippen molar-refractivity contribution in [1.82, 2.24) is 0 Å². The van der Waals surface area contributed by atoms with Gasteiger partial charge in [-0.15, -0.1) is 0 Å². The summed E-state index contributed by atoms with van der Waals surface area (Å²) >= 11 is 0. The Morgan fingerprint density at radius 2 is 0.795 bits per heavy atom. The highest BCUT2D eigenvalue weighted by molar-refractivity contribution is 7.55. The zero-order valence-corrected chi connectivity index (χ0v) is 26.9. The second-order valence-corrected chi connectivity index (χ2v) is 16.9. The van der Waals surface area contributed by atoms with E-state index in [0.29, 0.717) is 17.8 Å². The van der Waals surface area contributed by atoms with Gasteiger partial charge in [-0.3, -0.25) is 4.57 Å². The first-order valence-corrected chi connectivity index (χ1v) is 19.6. The molecule has 0 spiro atoms. The largest absolute Gasteiger partial charge is 0.338 e. The van der Waals surface area contributed by atoms with Crippen molar-refractivity contribution in [3.05, 3.63) is 0 Å². The highest BCUT2D eigenvalue weighted by atomic mass is 31.2. The Balaban J connectivity index is 1.68. The summed E-state index contributed by atoms with van der Waals surface area (Å²) in [4.78, 5) is 0. The molecular weight excluding hydrogens is 499 g/mol. The van der Waals surface area contributed by atoms with E-state index in [0.717, 1.165) is 38.5 Å². The van der Waals surface area contributed by atoms with Gasteiger partial charge in [0.1, 0.15) is 0 Å². The Hall–Kier alpha value is 0.150. The minimum absolute atomic E-state index is 0.249.